The second kappa shape index (κ2) is 9.55. The van der Waals surface area contributed by atoms with E-state index in [1.165, 1.54) is 7.11 Å². The van der Waals surface area contributed by atoms with Crippen LogP contribution in [0, 0.1) is 0 Å². The van der Waals surface area contributed by atoms with Crippen LogP contribution in [-0.2, 0) is 11.8 Å². The molecule has 0 aliphatic carbocycles. The molecule has 0 radical (unpaired) electrons. The number of aromatic nitrogens is 5. The van der Waals surface area contributed by atoms with Gasteiger partial charge < -0.3 is 30.2 Å². The maximum absolute atomic E-state index is 12.8. The van der Waals surface area contributed by atoms with E-state index in [2.05, 4.69) is 41.9 Å². The normalized spacial score (nSPS) is 13.6. The van der Waals surface area contributed by atoms with Crippen LogP contribution in [-0.4, -0.2) is 70.8 Å². The molecular formula is C24H27N9O2. The van der Waals surface area contributed by atoms with Crippen LogP contribution in [0.4, 0.5) is 23.0 Å². The Labute approximate surface area is 202 Å². The third-order valence-corrected chi connectivity index (χ3v) is 6.00. The molecule has 1 aromatic carbocycles. The first-order chi connectivity index (χ1) is 17.1. The molecule has 1 saturated heterocycles. The second-order valence-corrected chi connectivity index (χ2v) is 8.18. The summed E-state index contributed by atoms with van der Waals surface area (Å²) in [5.74, 6) is 0.185. The Kier molecular flexibility index (Phi) is 6.15. The van der Waals surface area contributed by atoms with Crippen LogP contribution in [0.5, 0.6) is 0 Å². The number of methoxy groups -OCH3 is 1. The summed E-state index contributed by atoms with van der Waals surface area (Å²) in [6.45, 7) is 3.76. The molecule has 1 fully saturated rings. The summed E-state index contributed by atoms with van der Waals surface area (Å²) in [6.07, 6.45) is 5.12. The van der Waals surface area contributed by atoms with E-state index in [0.29, 0.717) is 28.4 Å². The zero-order chi connectivity index (χ0) is 24.4. The Morgan fingerprint density at radius 1 is 1.14 bits per heavy atom. The molecule has 0 spiro atoms. The summed E-state index contributed by atoms with van der Waals surface area (Å²) in [4.78, 5) is 33.3. The molecule has 11 heteroatoms. The molecule has 3 N–H and O–H groups in total. The number of esters is 1. The van der Waals surface area contributed by atoms with Gasteiger partial charge in [0.25, 0.3) is 0 Å². The number of benzene rings is 1. The fraction of sp³-hybridized carbons (Fsp3) is 0.292. The summed E-state index contributed by atoms with van der Waals surface area (Å²) >= 11 is 0. The monoisotopic (exact) mass is 473 g/mol. The van der Waals surface area contributed by atoms with Gasteiger partial charge in [0.1, 0.15) is 11.2 Å². The zero-order valence-corrected chi connectivity index (χ0v) is 19.9. The van der Waals surface area contributed by atoms with Gasteiger partial charge in [-0.2, -0.15) is 0 Å². The van der Waals surface area contributed by atoms with Gasteiger partial charge in [-0.05, 0) is 18.2 Å². The van der Waals surface area contributed by atoms with Gasteiger partial charge in [-0.1, -0.05) is 6.07 Å². The molecule has 4 aromatic rings. The minimum absolute atomic E-state index is 0.0713. The van der Waals surface area contributed by atoms with Crippen LogP contribution in [0.25, 0.3) is 22.3 Å². The first-order valence-corrected chi connectivity index (χ1v) is 11.4. The highest BCUT2D eigenvalue weighted by atomic mass is 16.5. The highest BCUT2D eigenvalue weighted by Crippen LogP contribution is 2.33. The van der Waals surface area contributed by atoms with Crippen molar-refractivity contribution in [2.75, 3.05) is 55.9 Å². The molecule has 0 unspecified atom stereocenters. The molecule has 0 atom stereocenters. The van der Waals surface area contributed by atoms with Crippen molar-refractivity contribution < 1.29 is 9.53 Å². The predicted octanol–water partition coefficient (Wildman–Crippen LogP) is 2.41. The third kappa shape index (κ3) is 4.33. The first-order valence-electron chi connectivity index (χ1n) is 11.4. The van der Waals surface area contributed by atoms with Gasteiger partial charge in [0.15, 0.2) is 17.3 Å². The van der Waals surface area contributed by atoms with Gasteiger partial charge in [0, 0.05) is 57.8 Å². The predicted molar refractivity (Wildman–Crippen MR) is 135 cm³/mol. The number of ether oxygens (including phenoxy) is 1. The number of aryl methyl sites for hydroxylation is 1. The molecule has 35 heavy (non-hydrogen) atoms. The van der Waals surface area contributed by atoms with E-state index in [9.17, 15) is 4.79 Å². The average Bonchev–Trinajstić information content (AvgIpc) is 3.29. The molecule has 5 rings (SSSR count). The minimum Gasteiger partial charge on any atom is -0.464 e. The van der Waals surface area contributed by atoms with Crippen molar-refractivity contribution in [3.63, 3.8) is 0 Å². The Balaban J connectivity index is 1.57. The van der Waals surface area contributed by atoms with Gasteiger partial charge in [-0.3, -0.25) is 4.98 Å². The van der Waals surface area contributed by atoms with E-state index in [4.69, 9.17) is 9.72 Å². The summed E-state index contributed by atoms with van der Waals surface area (Å²) in [6, 6.07) is 8.03. The lowest BCUT2D eigenvalue weighted by Crippen LogP contribution is -2.43. The van der Waals surface area contributed by atoms with Gasteiger partial charge in [-0.15, -0.1) is 0 Å². The number of rotatable bonds is 6. The maximum Gasteiger partial charge on any atom is 0.360 e. The summed E-state index contributed by atoms with van der Waals surface area (Å²) in [5, 5.41) is 9.73. The lowest BCUT2D eigenvalue weighted by Gasteiger charge is -2.29. The van der Waals surface area contributed by atoms with Crippen LogP contribution >= 0.6 is 0 Å². The quantitative estimate of drug-likeness (QED) is 0.360. The number of fused-ring (bicyclic) bond motifs is 1. The largest absolute Gasteiger partial charge is 0.464 e. The second-order valence-electron chi connectivity index (χ2n) is 8.18. The number of anilines is 4. The number of hydrogen-bond acceptors (Lipinski definition) is 10. The fourth-order valence-electron chi connectivity index (χ4n) is 4.18. The summed E-state index contributed by atoms with van der Waals surface area (Å²) in [5.41, 5.74) is 4.65. The molecule has 0 bridgehead atoms. The van der Waals surface area contributed by atoms with E-state index in [0.717, 1.165) is 43.1 Å². The number of carbonyl (C=O) groups excluding carboxylic acids is 1. The number of nitrogens with zero attached hydrogens (tertiary/aromatic N) is 6. The molecule has 3 aromatic heterocycles. The highest BCUT2D eigenvalue weighted by molar-refractivity contribution is 5.98. The number of hydrogen-bond donors (Lipinski definition) is 3. The Hall–Kier alpha value is -4.25. The van der Waals surface area contributed by atoms with E-state index < -0.39 is 5.97 Å². The Morgan fingerprint density at radius 2 is 1.97 bits per heavy atom. The van der Waals surface area contributed by atoms with Crippen molar-refractivity contribution in [2.45, 2.75) is 0 Å². The molecular weight excluding hydrogens is 446 g/mol. The van der Waals surface area contributed by atoms with Crippen molar-refractivity contribution in [3.05, 3.63) is 48.7 Å². The Morgan fingerprint density at radius 3 is 2.74 bits per heavy atom. The molecule has 4 heterocycles. The lowest BCUT2D eigenvalue weighted by molar-refractivity contribution is 0.0595. The van der Waals surface area contributed by atoms with Crippen molar-refractivity contribution >= 4 is 40.0 Å². The van der Waals surface area contributed by atoms with Gasteiger partial charge >= 0.3 is 5.97 Å². The van der Waals surface area contributed by atoms with Crippen LogP contribution in [0.15, 0.2) is 43.0 Å². The van der Waals surface area contributed by atoms with Crippen molar-refractivity contribution in [1.82, 2.24) is 29.8 Å². The van der Waals surface area contributed by atoms with Crippen molar-refractivity contribution in [1.29, 1.82) is 0 Å². The van der Waals surface area contributed by atoms with Crippen LogP contribution in [0.1, 0.15) is 10.5 Å². The molecule has 0 saturated carbocycles. The van der Waals surface area contributed by atoms with E-state index in [1.54, 1.807) is 25.8 Å². The average molecular weight is 474 g/mol. The van der Waals surface area contributed by atoms with E-state index >= 15 is 0 Å². The SMILES string of the molecule is CNc1nc(Nc2cccc(N3CCNCC3)c2)c(C(=O)OC)nc1-c1cncc2c1ncn2C. The van der Waals surface area contributed by atoms with E-state index in [1.807, 2.05) is 29.8 Å². The Bertz CT molecular complexity index is 1380. The lowest BCUT2D eigenvalue weighted by atomic mass is 10.1. The number of carbonyl (C=O) groups is 1. The van der Waals surface area contributed by atoms with Crippen LogP contribution in [0.2, 0.25) is 0 Å². The standard InChI is InChI=1S/C24H27N9O2/c1-25-22-20(17-12-27-13-18-19(17)28-14-32(18)2)30-21(24(34)35-3)23(31-22)29-15-5-4-6-16(11-15)33-9-7-26-8-10-33/h4-6,11-14,26H,7-10H2,1-3H3,(H2,25,29,31). The fourth-order valence-corrected chi connectivity index (χ4v) is 4.18. The maximum atomic E-state index is 12.8. The number of nitrogens with one attached hydrogen (secondary N) is 3. The number of piperazine rings is 1. The molecule has 0 amide bonds. The van der Waals surface area contributed by atoms with Crippen molar-refractivity contribution in [3.8, 4) is 11.3 Å². The summed E-state index contributed by atoms with van der Waals surface area (Å²) in [7, 11) is 4.98. The molecule has 1 aliphatic rings. The number of imidazole rings is 1. The minimum atomic E-state index is -0.594. The van der Waals surface area contributed by atoms with Crippen LogP contribution in [0.3, 0.4) is 0 Å². The zero-order valence-electron chi connectivity index (χ0n) is 19.9. The molecule has 1 aliphatic heterocycles. The molecule has 180 valence electrons. The van der Waals surface area contributed by atoms with Gasteiger partial charge in [0.05, 0.1) is 30.7 Å². The van der Waals surface area contributed by atoms with Crippen molar-refractivity contribution in [2.24, 2.45) is 7.05 Å². The first kappa shape index (κ1) is 22.5. The smallest absolute Gasteiger partial charge is 0.360 e. The summed E-state index contributed by atoms with van der Waals surface area (Å²) < 4.78 is 6.91. The van der Waals surface area contributed by atoms with Crippen LogP contribution < -0.4 is 20.9 Å². The third-order valence-electron chi connectivity index (χ3n) is 6.00. The highest BCUT2D eigenvalue weighted by Gasteiger charge is 2.23. The van der Waals surface area contributed by atoms with E-state index in [-0.39, 0.29) is 5.69 Å². The number of pyridine rings is 1. The van der Waals surface area contributed by atoms with Gasteiger partial charge in [-0.25, -0.2) is 19.7 Å². The molecule has 11 nitrogen and oxygen atoms in total. The topological polar surface area (TPSA) is 122 Å². The van der Waals surface area contributed by atoms with Gasteiger partial charge in [0.2, 0.25) is 0 Å².